The first-order chi connectivity index (χ1) is 15.2. The summed E-state index contributed by atoms with van der Waals surface area (Å²) in [6.07, 6.45) is 5.57. The lowest BCUT2D eigenvalue weighted by Gasteiger charge is -2.28. The Morgan fingerprint density at radius 2 is 1.61 bits per heavy atom. The van der Waals surface area contributed by atoms with Gasteiger partial charge in [0.15, 0.2) is 0 Å². The smallest absolute Gasteiger partial charge is 0.216 e. The molecule has 5 nitrogen and oxygen atoms in total. The second-order valence-electron chi connectivity index (χ2n) is 10.4. The van der Waals surface area contributed by atoms with Crippen molar-refractivity contribution in [3.05, 3.63) is 75.9 Å². The lowest BCUT2D eigenvalue weighted by Crippen LogP contribution is -2.17. The van der Waals surface area contributed by atoms with Crippen LogP contribution in [0.25, 0.3) is 6.08 Å². The third-order valence-corrected chi connectivity index (χ3v) is 7.38. The van der Waals surface area contributed by atoms with Crippen molar-refractivity contribution in [3.8, 4) is 11.8 Å². The predicted octanol–water partition coefficient (Wildman–Crippen LogP) is 6.30. The quantitative estimate of drug-likeness (QED) is 0.535. The fourth-order valence-electron chi connectivity index (χ4n) is 3.79. The first kappa shape index (κ1) is 24.6. The lowest BCUT2D eigenvalue weighted by molar-refractivity contribution is 0.173. The van der Waals surface area contributed by atoms with E-state index in [0.717, 1.165) is 12.0 Å². The third-order valence-electron chi connectivity index (χ3n) is 5.70. The number of phenolic OH excluding ortho intramolecular Hbond substituents is 1. The number of phenols is 1. The molecule has 0 spiro atoms. The molecule has 1 N–H and O–H groups in total. The summed E-state index contributed by atoms with van der Waals surface area (Å²) in [6, 6.07) is 11.8. The average Bonchev–Trinajstić information content (AvgIpc) is 3.26. The molecule has 0 saturated carbocycles. The van der Waals surface area contributed by atoms with Gasteiger partial charge in [0, 0.05) is 17.5 Å². The second-order valence-corrected chi connectivity index (χ2v) is 12.3. The van der Waals surface area contributed by atoms with Crippen molar-refractivity contribution in [1.29, 1.82) is 5.26 Å². The van der Waals surface area contributed by atoms with Crippen LogP contribution in [-0.4, -0.2) is 13.5 Å². The molecular weight excluding hydrogens is 434 g/mol. The van der Waals surface area contributed by atoms with Crippen molar-refractivity contribution < 1.29 is 18.3 Å². The van der Waals surface area contributed by atoms with Gasteiger partial charge in [-0.2, -0.15) is 5.26 Å². The average molecular weight is 466 g/mol. The molecule has 0 aliphatic carbocycles. The van der Waals surface area contributed by atoms with E-state index in [1.807, 2.05) is 53.7 Å². The number of rotatable bonds is 4. The van der Waals surface area contributed by atoms with Crippen molar-refractivity contribution in [3.63, 3.8) is 0 Å². The van der Waals surface area contributed by atoms with Gasteiger partial charge in [0.05, 0.1) is 11.2 Å². The molecule has 2 aromatic rings. The summed E-state index contributed by atoms with van der Waals surface area (Å²) in [5.74, 6) is 0.202. The largest absolute Gasteiger partial charge is 0.507 e. The molecular formula is C27H31NO4S. The van der Waals surface area contributed by atoms with Crippen LogP contribution < -0.4 is 0 Å². The first-order valence-corrected chi connectivity index (χ1v) is 12.4. The van der Waals surface area contributed by atoms with Gasteiger partial charge in [-0.25, -0.2) is 8.42 Å². The number of sulfone groups is 1. The van der Waals surface area contributed by atoms with Gasteiger partial charge in [0.2, 0.25) is 9.84 Å². The molecule has 0 amide bonds. The standard InChI is InChI=1S/C27H31NO4S/c1-26(2,3)22-15-18(16-23(25(22)29)27(4,5)6)14-21(17-28)33(30,31)20-11-9-19(10-12-20)24-8-7-13-32-24/h7,9-16,24,29H,8H2,1-6H3/b21-14-. The van der Waals surface area contributed by atoms with Crippen LogP contribution in [0.1, 0.15) is 76.3 Å². The van der Waals surface area contributed by atoms with Crippen LogP contribution in [0.3, 0.4) is 0 Å². The van der Waals surface area contributed by atoms with Gasteiger partial charge in [-0.05, 0) is 58.4 Å². The molecule has 3 rings (SSSR count). The summed E-state index contributed by atoms with van der Waals surface area (Å²) in [5.41, 5.74) is 2.10. The molecule has 33 heavy (non-hydrogen) atoms. The third kappa shape index (κ3) is 5.15. The zero-order chi connectivity index (χ0) is 24.6. The molecule has 1 aliphatic heterocycles. The van der Waals surface area contributed by atoms with Gasteiger partial charge in [0.1, 0.15) is 22.8 Å². The zero-order valence-electron chi connectivity index (χ0n) is 20.0. The van der Waals surface area contributed by atoms with Crippen molar-refractivity contribution in [1.82, 2.24) is 0 Å². The van der Waals surface area contributed by atoms with Crippen molar-refractivity contribution >= 4 is 15.9 Å². The number of aromatic hydroxyl groups is 1. The summed E-state index contributed by atoms with van der Waals surface area (Å²) < 4.78 is 32.0. The molecule has 0 fully saturated rings. The Hall–Kier alpha value is -3.04. The molecule has 1 heterocycles. The maximum Gasteiger partial charge on any atom is 0.216 e. The van der Waals surface area contributed by atoms with E-state index in [1.54, 1.807) is 30.5 Å². The summed E-state index contributed by atoms with van der Waals surface area (Å²) in [4.78, 5) is -0.296. The van der Waals surface area contributed by atoms with Gasteiger partial charge >= 0.3 is 0 Å². The molecule has 1 atom stereocenters. The minimum atomic E-state index is -4.02. The summed E-state index contributed by atoms with van der Waals surface area (Å²) >= 11 is 0. The van der Waals surface area contributed by atoms with Crippen molar-refractivity contribution in [2.24, 2.45) is 0 Å². The Bertz CT molecular complexity index is 1210. The highest BCUT2D eigenvalue weighted by Crippen LogP contribution is 2.40. The molecule has 174 valence electrons. The SMILES string of the molecule is CC(C)(C)c1cc(/C=C(/C#N)S(=O)(=O)c2ccc(C3CC=CO3)cc2)cc(C(C)(C)C)c1O. The number of allylic oxidation sites excluding steroid dienone is 1. The van der Waals surface area contributed by atoms with Crippen LogP contribution in [0.2, 0.25) is 0 Å². The summed E-state index contributed by atoms with van der Waals surface area (Å²) in [7, 11) is -4.02. The Morgan fingerprint density at radius 1 is 1.06 bits per heavy atom. The number of hydrogen-bond acceptors (Lipinski definition) is 5. The van der Waals surface area contributed by atoms with Crippen LogP contribution in [0.15, 0.2) is 58.5 Å². The Balaban J connectivity index is 2.08. The van der Waals surface area contributed by atoms with E-state index >= 15 is 0 Å². The van der Waals surface area contributed by atoms with Gasteiger partial charge in [-0.3, -0.25) is 0 Å². The topological polar surface area (TPSA) is 87.4 Å². The van der Waals surface area contributed by atoms with E-state index in [2.05, 4.69) is 0 Å². The number of nitrogens with zero attached hydrogens (tertiary/aromatic N) is 1. The summed E-state index contributed by atoms with van der Waals surface area (Å²) in [6.45, 7) is 11.9. The Morgan fingerprint density at radius 3 is 2.03 bits per heavy atom. The van der Waals surface area contributed by atoms with E-state index in [9.17, 15) is 18.8 Å². The van der Waals surface area contributed by atoms with Gasteiger partial charge < -0.3 is 9.84 Å². The highest BCUT2D eigenvalue weighted by atomic mass is 32.2. The molecule has 2 aromatic carbocycles. The molecule has 1 unspecified atom stereocenters. The Labute approximate surface area is 197 Å². The number of benzene rings is 2. The lowest BCUT2D eigenvalue weighted by atomic mass is 9.78. The second kappa shape index (κ2) is 8.72. The van der Waals surface area contributed by atoms with Crippen LogP contribution in [0.5, 0.6) is 5.75 Å². The van der Waals surface area contributed by atoms with E-state index in [1.165, 1.54) is 18.2 Å². The van der Waals surface area contributed by atoms with E-state index < -0.39 is 9.84 Å². The molecule has 1 aliphatic rings. The maximum absolute atomic E-state index is 13.2. The zero-order valence-corrected chi connectivity index (χ0v) is 20.8. The number of ether oxygens (including phenoxy) is 1. The van der Waals surface area contributed by atoms with Gasteiger partial charge in [-0.1, -0.05) is 53.7 Å². The fraction of sp³-hybridized carbons (Fsp3) is 0.370. The van der Waals surface area contributed by atoms with Crippen molar-refractivity contribution in [2.45, 2.75) is 69.8 Å². The summed E-state index contributed by atoms with van der Waals surface area (Å²) in [5, 5.41) is 20.7. The minimum absolute atomic E-state index is 0.0517. The van der Waals surface area contributed by atoms with Crippen LogP contribution >= 0.6 is 0 Å². The maximum atomic E-state index is 13.2. The van der Waals surface area contributed by atoms with E-state index in [0.29, 0.717) is 16.7 Å². The van der Waals surface area contributed by atoms with Gasteiger partial charge in [0.25, 0.3) is 0 Å². The van der Waals surface area contributed by atoms with Crippen LogP contribution in [0.4, 0.5) is 0 Å². The normalized spacial score (nSPS) is 17.0. The van der Waals surface area contributed by atoms with Crippen LogP contribution in [0, 0.1) is 11.3 Å². The van der Waals surface area contributed by atoms with E-state index in [4.69, 9.17) is 4.74 Å². The Kier molecular flexibility index (Phi) is 6.50. The fourth-order valence-corrected chi connectivity index (χ4v) is 4.95. The number of hydrogen-bond donors (Lipinski definition) is 1. The first-order valence-electron chi connectivity index (χ1n) is 10.9. The van der Waals surface area contributed by atoms with Crippen molar-refractivity contribution in [2.75, 3.05) is 0 Å². The van der Waals surface area contributed by atoms with E-state index in [-0.39, 0.29) is 32.5 Å². The molecule has 0 aromatic heterocycles. The minimum Gasteiger partial charge on any atom is -0.507 e. The molecule has 0 saturated heterocycles. The molecule has 6 heteroatoms. The predicted molar refractivity (Wildman–Crippen MR) is 130 cm³/mol. The molecule has 0 bridgehead atoms. The highest BCUT2D eigenvalue weighted by Gasteiger charge is 2.27. The monoisotopic (exact) mass is 465 g/mol. The van der Waals surface area contributed by atoms with Crippen LogP contribution in [-0.2, 0) is 25.4 Å². The highest BCUT2D eigenvalue weighted by molar-refractivity contribution is 7.95. The molecule has 0 radical (unpaired) electrons. The van der Waals surface area contributed by atoms with Gasteiger partial charge in [-0.15, -0.1) is 0 Å². The number of nitriles is 1.